The standard InChI is InChI=1S/C10H9Cl3N2O2/c11-6-1-2-7-9(8(6)12)15-10(13,14-7)5-17-4-3-16/h1-2,16H,3-5H2. The van der Waals surface area contributed by atoms with Crippen LogP contribution in [0, 0.1) is 0 Å². The first kappa shape index (κ1) is 13.1. The van der Waals surface area contributed by atoms with Gasteiger partial charge in [0.05, 0.1) is 28.6 Å². The molecule has 1 aliphatic rings. The predicted molar refractivity (Wildman–Crippen MR) is 65.3 cm³/mol. The van der Waals surface area contributed by atoms with Crippen molar-refractivity contribution in [2.45, 2.75) is 5.12 Å². The number of aliphatic hydroxyl groups excluding tert-OH is 1. The van der Waals surface area contributed by atoms with Crippen LogP contribution >= 0.6 is 34.8 Å². The Bertz CT molecular complexity index is 549. The van der Waals surface area contributed by atoms with E-state index in [0.29, 0.717) is 20.8 Å². The number of alkyl halides is 1. The number of fused-ring (bicyclic) bond motifs is 1. The second kappa shape index (κ2) is 5.08. The molecule has 0 aliphatic carbocycles. The van der Waals surface area contributed by atoms with E-state index >= 15 is 0 Å². The van der Waals surface area contributed by atoms with E-state index in [1.807, 2.05) is 0 Å². The minimum absolute atomic E-state index is 0.0672. The zero-order valence-electron chi connectivity index (χ0n) is 8.66. The number of halogens is 3. The molecule has 0 aromatic heterocycles. The van der Waals surface area contributed by atoms with Crippen molar-refractivity contribution in [3.8, 4) is 0 Å². The number of nitrogens with zero attached hydrogens (tertiary/aromatic N) is 2. The second-order valence-electron chi connectivity index (χ2n) is 3.45. The first-order chi connectivity index (χ1) is 8.06. The Morgan fingerprint density at radius 1 is 1.29 bits per heavy atom. The van der Waals surface area contributed by atoms with Gasteiger partial charge in [-0.15, -0.1) is 0 Å². The molecule has 0 spiro atoms. The van der Waals surface area contributed by atoms with Gasteiger partial charge >= 0.3 is 0 Å². The predicted octanol–water partition coefficient (Wildman–Crippen LogP) is 1.15. The van der Waals surface area contributed by atoms with Gasteiger partial charge in [0.25, 0.3) is 5.12 Å². The van der Waals surface area contributed by atoms with E-state index < -0.39 is 5.12 Å². The molecule has 1 unspecified atom stereocenters. The third-order valence-corrected chi connectivity index (χ3v) is 3.22. The van der Waals surface area contributed by atoms with Crippen molar-refractivity contribution >= 4 is 34.8 Å². The Morgan fingerprint density at radius 2 is 2.06 bits per heavy atom. The summed E-state index contributed by atoms with van der Waals surface area (Å²) < 4.78 is 5.13. The van der Waals surface area contributed by atoms with Gasteiger partial charge in [0.2, 0.25) is 0 Å². The Kier molecular flexibility index (Phi) is 3.90. The summed E-state index contributed by atoms with van der Waals surface area (Å²) in [4.78, 5) is 8.40. The van der Waals surface area contributed by atoms with Gasteiger partial charge in [-0.25, -0.2) is 9.98 Å². The molecule has 0 amide bonds. The monoisotopic (exact) mass is 294 g/mol. The van der Waals surface area contributed by atoms with Crippen molar-refractivity contribution in [1.82, 2.24) is 0 Å². The van der Waals surface area contributed by atoms with Gasteiger partial charge in [-0.05, 0) is 12.1 Å². The van der Waals surface area contributed by atoms with Crippen molar-refractivity contribution < 1.29 is 9.84 Å². The summed E-state index contributed by atoms with van der Waals surface area (Å²) in [6, 6.07) is 3.34. The molecule has 1 aliphatic heterocycles. The average molecular weight is 296 g/mol. The first-order valence-corrected chi connectivity index (χ1v) is 6.00. The van der Waals surface area contributed by atoms with E-state index in [9.17, 15) is 0 Å². The van der Waals surface area contributed by atoms with Crippen LogP contribution in [0.3, 0.4) is 0 Å². The molecule has 0 bridgehead atoms. The summed E-state index contributed by atoms with van der Waals surface area (Å²) in [5, 5.41) is 9.19. The van der Waals surface area contributed by atoms with E-state index in [1.165, 1.54) is 0 Å². The number of aliphatic hydroxyl groups is 1. The molecule has 92 valence electrons. The van der Waals surface area contributed by atoms with Crippen LogP contribution in [0.15, 0.2) is 22.1 Å². The molecular weight excluding hydrogens is 286 g/mol. The fourth-order valence-corrected chi connectivity index (χ4v) is 2.05. The van der Waals surface area contributed by atoms with Gasteiger partial charge in [-0.1, -0.05) is 34.8 Å². The van der Waals surface area contributed by atoms with Crippen LogP contribution in [0.5, 0.6) is 0 Å². The third kappa shape index (κ3) is 2.72. The van der Waals surface area contributed by atoms with Crippen LogP contribution in [0.25, 0.3) is 0 Å². The lowest BCUT2D eigenvalue weighted by Crippen LogP contribution is -2.23. The van der Waals surface area contributed by atoms with Crippen LogP contribution in [0.1, 0.15) is 0 Å². The lowest BCUT2D eigenvalue weighted by atomic mass is 10.3. The summed E-state index contributed by atoms with van der Waals surface area (Å²) in [7, 11) is 0. The first-order valence-electron chi connectivity index (χ1n) is 4.87. The van der Waals surface area contributed by atoms with Crippen molar-refractivity contribution in [3.63, 3.8) is 0 Å². The summed E-state index contributed by atoms with van der Waals surface area (Å²) >= 11 is 18.0. The number of hydrogen-bond acceptors (Lipinski definition) is 4. The highest BCUT2D eigenvalue weighted by Gasteiger charge is 2.29. The molecule has 1 atom stereocenters. The lowest BCUT2D eigenvalue weighted by Gasteiger charge is -2.13. The number of ether oxygens (including phenoxy) is 1. The molecule has 1 aromatic carbocycles. The molecule has 2 rings (SSSR count). The summed E-state index contributed by atoms with van der Waals surface area (Å²) in [6.07, 6.45) is 0. The number of hydrogen-bond donors (Lipinski definition) is 1. The Morgan fingerprint density at radius 3 is 2.76 bits per heavy atom. The van der Waals surface area contributed by atoms with Gasteiger partial charge in [0.1, 0.15) is 12.0 Å². The van der Waals surface area contributed by atoms with Crippen LogP contribution in [0.2, 0.25) is 10.0 Å². The molecule has 0 saturated carbocycles. The van der Waals surface area contributed by atoms with E-state index in [-0.39, 0.29) is 19.8 Å². The minimum Gasteiger partial charge on any atom is -0.394 e. The summed E-state index contributed by atoms with van der Waals surface area (Å²) in [5.74, 6) is 0. The highest BCUT2D eigenvalue weighted by atomic mass is 35.5. The fraction of sp³-hybridized carbons (Fsp3) is 0.400. The van der Waals surface area contributed by atoms with E-state index in [2.05, 4.69) is 9.98 Å². The zero-order valence-corrected chi connectivity index (χ0v) is 10.9. The molecule has 7 heteroatoms. The largest absolute Gasteiger partial charge is 0.394 e. The molecule has 0 radical (unpaired) electrons. The van der Waals surface area contributed by atoms with Crippen molar-refractivity contribution in [3.05, 3.63) is 32.9 Å². The molecule has 1 aromatic rings. The van der Waals surface area contributed by atoms with Crippen molar-refractivity contribution in [2.75, 3.05) is 19.8 Å². The van der Waals surface area contributed by atoms with Gasteiger partial charge < -0.3 is 9.84 Å². The molecular formula is C10H9Cl3N2O2. The van der Waals surface area contributed by atoms with Crippen molar-refractivity contribution in [2.24, 2.45) is 9.98 Å². The van der Waals surface area contributed by atoms with Crippen LogP contribution < -0.4 is 10.7 Å². The maximum absolute atomic E-state index is 8.61. The smallest absolute Gasteiger partial charge is 0.250 e. The second-order valence-corrected chi connectivity index (χ2v) is 4.84. The van der Waals surface area contributed by atoms with Gasteiger partial charge in [-0.2, -0.15) is 0 Å². The van der Waals surface area contributed by atoms with Gasteiger partial charge in [0, 0.05) is 0 Å². The molecule has 17 heavy (non-hydrogen) atoms. The van der Waals surface area contributed by atoms with E-state index in [4.69, 9.17) is 44.6 Å². The minimum atomic E-state index is -1.22. The normalized spacial score (nSPS) is 21.9. The average Bonchev–Trinajstić information content (AvgIpc) is 2.63. The van der Waals surface area contributed by atoms with Gasteiger partial charge in [-0.3, -0.25) is 0 Å². The highest BCUT2D eigenvalue weighted by molar-refractivity contribution is 6.41. The zero-order chi connectivity index (χ0) is 12.5. The van der Waals surface area contributed by atoms with Crippen LogP contribution in [-0.4, -0.2) is 30.0 Å². The SMILES string of the molecule is OCCOCC1(Cl)N=c2ccc(Cl)c(Cl)c2=N1. The van der Waals surface area contributed by atoms with Crippen LogP contribution in [-0.2, 0) is 4.74 Å². The molecule has 1 N–H and O–H groups in total. The summed E-state index contributed by atoms with van der Waals surface area (Å²) in [5.41, 5.74) is 0. The maximum Gasteiger partial charge on any atom is 0.250 e. The third-order valence-electron chi connectivity index (χ3n) is 2.14. The molecule has 0 saturated heterocycles. The quantitative estimate of drug-likeness (QED) is 0.515. The number of rotatable bonds is 4. The fourth-order valence-electron chi connectivity index (χ4n) is 1.44. The van der Waals surface area contributed by atoms with E-state index in [0.717, 1.165) is 0 Å². The van der Waals surface area contributed by atoms with Gasteiger partial charge in [0.15, 0.2) is 0 Å². The highest BCUT2D eigenvalue weighted by Crippen LogP contribution is 2.23. The molecule has 1 heterocycles. The Labute approximate surface area is 112 Å². The molecule has 0 fully saturated rings. The lowest BCUT2D eigenvalue weighted by molar-refractivity contribution is 0.0775. The maximum atomic E-state index is 8.61. The summed E-state index contributed by atoms with van der Waals surface area (Å²) in [6.45, 7) is 0.175. The Hall–Kier alpha value is -0.390. The Balaban J connectivity index is 2.32. The topological polar surface area (TPSA) is 54.2 Å². The van der Waals surface area contributed by atoms with E-state index in [1.54, 1.807) is 12.1 Å². The molecule has 4 nitrogen and oxygen atoms in total. The van der Waals surface area contributed by atoms with Crippen molar-refractivity contribution in [1.29, 1.82) is 0 Å². The number of benzene rings is 1. The van der Waals surface area contributed by atoms with Crippen LogP contribution in [0.4, 0.5) is 0 Å².